The summed E-state index contributed by atoms with van der Waals surface area (Å²) in [5.41, 5.74) is 0.798. The Kier molecular flexibility index (Phi) is 6.02. The molecule has 3 aliphatic heterocycles. The average Bonchev–Trinajstić information content (AvgIpc) is 3.43. The molecule has 0 spiro atoms. The van der Waals surface area contributed by atoms with Gasteiger partial charge in [0.05, 0.1) is 16.9 Å². The van der Waals surface area contributed by atoms with Crippen LogP contribution in [0.1, 0.15) is 40.0 Å². The van der Waals surface area contributed by atoms with E-state index >= 15 is 0 Å². The smallest absolute Gasteiger partial charge is 0.261 e. The van der Waals surface area contributed by atoms with Gasteiger partial charge in [-0.05, 0) is 50.7 Å². The minimum absolute atomic E-state index is 0.0474. The highest BCUT2D eigenvalue weighted by atomic mass is 32.2. The molecule has 7 nitrogen and oxygen atoms in total. The van der Waals surface area contributed by atoms with Crippen molar-refractivity contribution in [1.29, 1.82) is 0 Å². The number of hydrogen-bond donors (Lipinski definition) is 0. The lowest BCUT2D eigenvalue weighted by molar-refractivity contribution is 0.0654. The lowest BCUT2D eigenvalue weighted by Gasteiger charge is -2.27. The highest BCUT2D eigenvalue weighted by Gasteiger charge is 2.42. The third kappa shape index (κ3) is 3.97. The fraction of sp³-hybridized carbons (Fsp3) is 0.600. The van der Waals surface area contributed by atoms with Crippen molar-refractivity contribution >= 4 is 33.6 Å². The van der Waals surface area contributed by atoms with Gasteiger partial charge in [-0.1, -0.05) is 12.1 Å². The molecule has 2 fully saturated rings. The molecule has 0 N–H and O–H groups in total. The molecule has 3 aliphatic rings. The number of carbonyl (C=O) groups is 2. The summed E-state index contributed by atoms with van der Waals surface area (Å²) in [5, 5.41) is 0.291. The second-order valence-electron chi connectivity index (χ2n) is 7.88. The van der Waals surface area contributed by atoms with Crippen LogP contribution in [0.3, 0.4) is 0 Å². The molecular weight excluding hydrogens is 410 g/mol. The van der Waals surface area contributed by atoms with Crippen LogP contribution in [0.15, 0.2) is 24.3 Å². The maximum Gasteiger partial charge on any atom is 0.261 e. The van der Waals surface area contributed by atoms with Crippen LogP contribution in [0.4, 0.5) is 0 Å². The molecule has 0 bridgehead atoms. The molecule has 9 heteroatoms. The fourth-order valence-corrected chi connectivity index (χ4v) is 7.10. The number of fused-ring (bicyclic) bond motifs is 1. The highest BCUT2D eigenvalue weighted by Crippen LogP contribution is 2.30. The monoisotopic (exact) mass is 437 g/mol. The van der Waals surface area contributed by atoms with Crippen molar-refractivity contribution < 1.29 is 18.0 Å². The van der Waals surface area contributed by atoms with E-state index in [1.165, 1.54) is 17.7 Å². The zero-order valence-electron chi connectivity index (χ0n) is 16.6. The van der Waals surface area contributed by atoms with Crippen LogP contribution in [0.25, 0.3) is 0 Å². The molecule has 158 valence electrons. The first-order valence-electron chi connectivity index (χ1n) is 10.1. The van der Waals surface area contributed by atoms with E-state index in [-0.39, 0.29) is 36.6 Å². The van der Waals surface area contributed by atoms with Gasteiger partial charge in [-0.3, -0.25) is 19.4 Å². The number of sulfonamides is 1. The van der Waals surface area contributed by atoms with Gasteiger partial charge in [0.15, 0.2) is 0 Å². The van der Waals surface area contributed by atoms with Crippen LogP contribution in [-0.2, 0) is 10.0 Å². The Balaban J connectivity index is 1.35. The summed E-state index contributed by atoms with van der Waals surface area (Å²) in [5.74, 6) is -0.713. The van der Waals surface area contributed by atoms with E-state index in [0.717, 1.165) is 13.1 Å². The largest absolute Gasteiger partial charge is 0.298 e. The summed E-state index contributed by atoms with van der Waals surface area (Å²) in [6, 6.07) is 7.00. The van der Waals surface area contributed by atoms with Crippen LogP contribution in [-0.4, -0.2) is 90.4 Å². The Bertz CT molecular complexity index is 864. The Labute approximate surface area is 176 Å². The number of imide groups is 1. The molecule has 0 radical (unpaired) electrons. The molecule has 1 aromatic rings. The Morgan fingerprint density at radius 2 is 1.66 bits per heavy atom. The third-order valence-corrected chi connectivity index (χ3v) is 9.13. The Morgan fingerprint density at radius 1 is 1.03 bits per heavy atom. The van der Waals surface area contributed by atoms with E-state index in [1.807, 2.05) is 6.26 Å². The van der Waals surface area contributed by atoms with Crippen LogP contribution in [0, 0.1) is 0 Å². The van der Waals surface area contributed by atoms with Crippen molar-refractivity contribution in [3.05, 3.63) is 35.4 Å². The van der Waals surface area contributed by atoms with Crippen LogP contribution in [0.2, 0.25) is 0 Å². The first-order valence-corrected chi connectivity index (χ1v) is 13.0. The van der Waals surface area contributed by atoms with Gasteiger partial charge in [0.1, 0.15) is 0 Å². The maximum absolute atomic E-state index is 12.9. The normalized spacial score (nSPS) is 25.9. The number of hydrogen-bond acceptors (Lipinski definition) is 6. The molecule has 29 heavy (non-hydrogen) atoms. The summed E-state index contributed by atoms with van der Waals surface area (Å²) < 4.78 is 27.4. The quantitative estimate of drug-likeness (QED) is 0.602. The predicted molar refractivity (Wildman–Crippen MR) is 114 cm³/mol. The van der Waals surface area contributed by atoms with Crippen molar-refractivity contribution in [2.45, 2.75) is 30.6 Å². The molecule has 0 unspecified atom stereocenters. The van der Waals surface area contributed by atoms with E-state index < -0.39 is 10.0 Å². The van der Waals surface area contributed by atoms with E-state index in [4.69, 9.17) is 0 Å². The molecule has 0 aromatic heterocycles. The molecule has 2 saturated heterocycles. The summed E-state index contributed by atoms with van der Waals surface area (Å²) >= 11 is 1.74. The molecule has 0 aliphatic carbocycles. The van der Waals surface area contributed by atoms with Crippen molar-refractivity contribution in [2.75, 3.05) is 44.7 Å². The van der Waals surface area contributed by atoms with Crippen LogP contribution < -0.4 is 0 Å². The SMILES string of the molecule is CS[C@H]1CN(S(=O)(=O)CCCN2C(=O)c3ccccc3C2=O)C[C@H]1N1CCCC1. The molecule has 3 heterocycles. The minimum atomic E-state index is -3.42. The lowest BCUT2D eigenvalue weighted by atomic mass is 10.1. The molecular formula is C20H27N3O4S2. The number of benzene rings is 1. The fourth-order valence-electron chi connectivity index (χ4n) is 4.58. The molecule has 4 rings (SSSR count). The maximum atomic E-state index is 12.9. The first-order chi connectivity index (χ1) is 13.9. The molecule has 2 atom stereocenters. The van der Waals surface area contributed by atoms with Gasteiger partial charge in [-0.15, -0.1) is 0 Å². The minimum Gasteiger partial charge on any atom is -0.298 e. The summed E-state index contributed by atoms with van der Waals surface area (Å²) in [7, 11) is -3.42. The van der Waals surface area contributed by atoms with Crippen molar-refractivity contribution in [3.63, 3.8) is 0 Å². The topological polar surface area (TPSA) is 78.0 Å². The van der Waals surface area contributed by atoms with E-state index in [0.29, 0.717) is 29.5 Å². The second-order valence-corrected chi connectivity index (χ2v) is 11.0. The summed E-state index contributed by atoms with van der Waals surface area (Å²) in [6.45, 7) is 3.31. The molecule has 1 aromatic carbocycles. The van der Waals surface area contributed by atoms with Gasteiger partial charge >= 0.3 is 0 Å². The van der Waals surface area contributed by atoms with Gasteiger partial charge in [0, 0.05) is 30.9 Å². The highest BCUT2D eigenvalue weighted by molar-refractivity contribution is 7.99. The predicted octanol–water partition coefficient (Wildman–Crippen LogP) is 1.51. The Hall–Kier alpha value is -1.42. The van der Waals surface area contributed by atoms with Crippen molar-refractivity contribution in [1.82, 2.24) is 14.1 Å². The van der Waals surface area contributed by atoms with Crippen molar-refractivity contribution in [2.24, 2.45) is 0 Å². The average molecular weight is 438 g/mol. The van der Waals surface area contributed by atoms with Crippen LogP contribution in [0.5, 0.6) is 0 Å². The second kappa shape index (κ2) is 8.37. The van der Waals surface area contributed by atoms with Crippen molar-refractivity contribution in [3.8, 4) is 0 Å². The van der Waals surface area contributed by atoms with Gasteiger partial charge < -0.3 is 0 Å². The number of likely N-dealkylation sites (tertiary alicyclic amines) is 1. The molecule has 2 amide bonds. The van der Waals surface area contributed by atoms with E-state index in [1.54, 1.807) is 40.3 Å². The zero-order valence-corrected chi connectivity index (χ0v) is 18.3. The lowest BCUT2D eigenvalue weighted by Crippen LogP contribution is -2.41. The standard InChI is InChI=1S/C20H27N3O4S2/c1-28-18-14-22(13-17(18)21-9-4-5-10-21)29(26,27)12-6-11-23-19(24)15-7-2-3-8-16(15)20(23)25/h2-3,7-8,17-18H,4-6,9-14H2,1H3/t17-,18+/m1/s1. The van der Waals surface area contributed by atoms with Gasteiger partial charge in [-0.25, -0.2) is 8.42 Å². The van der Waals surface area contributed by atoms with Gasteiger partial charge in [-0.2, -0.15) is 16.1 Å². The van der Waals surface area contributed by atoms with Crippen LogP contribution >= 0.6 is 11.8 Å². The van der Waals surface area contributed by atoms with Gasteiger partial charge in [0.2, 0.25) is 10.0 Å². The van der Waals surface area contributed by atoms with E-state index in [2.05, 4.69) is 4.90 Å². The number of carbonyl (C=O) groups excluding carboxylic acids is 2. The number of amides is 2. The number of thioether (sulfide) groups is 1. The number of nitrogens with zero attached hydrogens (tertiary/aromatic N) is 3. The third-order valence-electron chi connectivity index (χ3n) is 6.17. The summed E-state index contributed by atoms with van der Waals surface area (Å²) in [6.07, 6.45) is 4.67. The zero-order chi connectivity index (χ0) is 20.6. The Morgan fingerprint density at radius 3 is 2.24 bits per heavy atom. The number of rotatable bonds is 7. The molecule has 0 saturated carbocycles. The first kappa shape index (κ1) is 20.8. The van der Waals surface area contributed by atoms with E-state index in [9.17, 15) is 18.0 Å². The summed E-state index contributed by atoms with van der Waals surface area (Å²) in [4.78, 5) is 28.5. The van der Waals surface area contributed by atoms with Gasteiger partial charge in [0.25, 0.3) is 11.8 Å².